The van der Waals surface area contributed by atoms with Crippen LogP contribution in [0.3, 0.4) is 0 Å². The van der Waals surface area contributed by atoms with Crippen LogP contribution >= 0.6 is 0 Å². The molecular weight excluding hydrogens is 188 g/mol. The maximum absolute atomic E-state index is 5.40. The van der Waals surface area contributed by atoms with Gasteiger partial charge in [0.2, 0.25) is 0 Å². The number of hydrogen-bond acceptors (Lipinski definition) is 4. The van der Waals surface area contributed by atoms with Gasteiger partial charge in [-0.05, 0) is 25.0 Å². The number of hydrogen-bond donors (Lipinski definition) is 2. The number of nitrogens with zero attached hydrogens (tertiary/aromatic N) is 2. The summed E-state index contributed by atoms with van der Waals surface area (Å²) in [5, 5.41) is 11.5. The molecule has 0 unspecified atom stereocenters. The van der Waals surface area contributed by atoms with Crippen molar-refractivity contribution in [3.63, 3.8) is 0 Å². The van der Waals surface area contributed by atoms with E-state index in [9.17, 15) is 0 Å². The van der Waals surface area contributed by atoms with E-state index in [-0.39, 0.29) is 0 Å². The number of nitrogens with one attached hydrogen (secondary N) is 1. The SMILES string of the molecule is NCCNc1ccc(C2CCCC2)nn1. The minimum atomic E-state index is 0.617. The molecule has 1 heterocycles. The molecule has 15 heavy (non-hydrogen) atoms. The van der Waals surface area contributed by atoms with Crippen LogP contribution in [-0.2, 0) is 0 Å². The summed E-state index contributed by atoms with van der Waals surface area (Å²) >= 11 is 0. The summed E-state index contributed by atoms with van der Waals surface area (Å²) in [5.74, 6) is 1.46. The van der Waals surface area contributed by atoms with Gasteiger partial charge in [0.05, 0.1) is 5.69 Å². The highest BCUT2D eigenvalue weighted by Crippen LogP contribution is 2.32. The van der Waals surface area contributed by atoms with E-state index in [1.807, 2.05) is 6.07 Å². The Kier molecular flexibility index (Phi) is 3.50. The molecular formula is C11H18N4. The standard InChI is InChI=1S/C11H18N4/c12-7-8-13-11-6-5-10(14-15-11)9-3-1-2-4-9/h5-6,9H,1-4,7-8,12H2,(H,13,15). The minimum absolute atomic E-state index is 0.617. The van der Waals surface area contributed by atoms with Crippen LogP contribution in [0, 0.1) is 0 Å². The molecule has 0 atom stereocenters. The summed E-state index contributed by atoms with van der Waals surface area (Å²) in [6.45, 7) is 1.36. The van der Waals surface area contributed by atoms with Gasteiger partial charge in [0.1, 0.15) is 5.82 Å². The second kappa shape index (κ2) is 5.07. The van der Waals surface area contributed by atoms with Crippen molar-refractivity contribution in [2.45, 2.75) is 31.6 Å². The largest absolute Gasteiger partial charge is 0.367 e. The van der Waals surface area contributed by atoms with Crippen LogP contribution in [0.4, 0.5) is 5.82 Å². The molecule has 1 aliphatic carbocycles. The van der Waals surface area contributed by atoms with Crippen LogP contribution in [0.15, 0.2) is 12.1 Å². The average Bonchev–Trinajstić information content (AvgIpc) is 2.80. The van der Waals surface area contributed by atoms with Gasteiger partial charge in [-0.3, -0.25) is 0 Å². The topological polar surface area (TPSA) is 63.8 Å². The van der Waals surface area contributed by atoms with Crippen molar-refractivity contribution in [2.75, 3.05) is 18.4 Å². The van der Waals surface area contributed by atoms with Gasteiger partial charge < -0.3 is 11.1 Å². The zero-order valence-electron chi connectivity index (χ0n) is 8.95. The number of rotatable bonds is 4. The summed E-state index contributed by atoms with van der Waals surface area (Å²) in [5.41, 5.74) is 6.54. The van der Waals surface area contributed by atoms with Crippen LogP contribution in [0.1, 0.15) is 37.3 Å². The lowest BCUT2D eigenvalue weighted by atomic mass is 10.0. The Morgan fingerprint density at radius 2 is 2.07 bits per heavy atom. The molecule has 0 bridgehead atoms. The predicted molar refractivity (Wildman–Crippen MR) is 60.8 cm³/mol. The van der Waals surface area contributed by atoms with Crippen LogP contribution in [0.2, 0.25) is 0 Å². The maximum atomic E-state index is 5.40. The van der Waals surface area contributed by atoms with E-state index in [0.29, 0.717) is 12.5 Å². The molecule has 1 aromatic heterocycles. The molecule has 1 fully saturated rings. The lowest BCUT2D eigenvalue weighted by Gasteiger charge is -2.08. The first-order valence-corrected chi connectivity index (χ1v) is 5.67. The Hall–Kier alpha value is -1.16. The van der Waals surface area contributed by atoms with Crippen molar-refractivity contribution in [3.8, 4) is 0 Å². The predicted octanol–water partition coefficient (Wildman–Crippen LogP) is 1.50. The van der Waals surface area contributed by atoms with E-state index < -0.39 is 0 Å². The Balaban J connectivity index is 1.96. The fourth-order valence-corrected chi connectivity index (χ4v) is 2.08. The monoisotopic (exact) mass is 206 g/mol. The molecule has 0 spiro atoms. The molecule has 1 saturated carbocycles. The molecule has 1 aliphatic rings. The van der Waals surface area contributed by atoms with Crippen LogP contribution in [-0.4, -0.2) is 23.3 Å². The highest BCUT2D eigenvalue weighted by molar-refractivity contribution is 5.33. The van der Waals surface area contributed by atoms with E-state index in [0.717, 1.165) is 18.1 Å². The summed E-state index contributed by atoms with van der Waals surface area (Å²) in [4.78, 5) is 0. The van der Waals surface area contributed by atoms with Crippen molar-refractivity contribution in [1.29, 1.82) is 0 Å². The lowest BCUT2D eigenvalue weighted by Crippen LogP contribution is -2.14. The van der Waals surface area contributed by atoms with E-state index in [2.05, 4.69) is 21.6 Å². The van der Waals surface area contributed by atoms with E-state index in [1.165, 1.54) is 25.7 Å². The van der Waals surface area contributed by atoms with E-state index in [1.54, 1.807) is 0 Å². The van der Waals surface area contributed by atoms with Gasteiger partial charge in [0.15, 0.2) is 0 Å². The van der Waals surface area contributed by atoms with Crippen molar-refractivity contribution >= 4 is 5.82 Å². The Morgan fingerprint density at radius 3 is 2.67 bits per heavy atom. The first-order chi connectivity index (χ1) is 7.40. The van der Waals surface area contributed by atoms with E-state index >= 15 is 0 Å². The third-order valence-electron chi connectivity index (χ3n) is 2.91. The van der Waals surface area contributed by atoms with Gasteiger partial charge in [-0.25, -0.2) is 0 Å². The highest BCUT2D eigenvalue weighted by Gasteiger charge is 2.18. The molecule has 3 N–H and O–H groups in total. The van der Waals surface area contributed by atoms with E-state index in [4.69, 9.17) is 5.73 Å². The highest BCUT2D eigenvalue weighted by atomic mass is 15.2. The summed E-state index contributed by atoms with van der Waals surface area (Å²) < 4.78 is 0. The van der Waals surface area contributed by atoms with Gasteiger partial charge >= 0.3 is 0 Å². The van der Waals surface area contributed by atoms with Crippen LogP contribution in [0.25, 0.3) is 0 Å². The molecule has 0 aromatic carbocycles. The number of nitrogens with two attached hydrogens (primary N) is 1. The molecule has 0 amide bonds. The Labute approximate surface area is 90.3 Å². The molecule has 0 radical (unpaired) electrons. The van der Waals surface area contributed by atoms with Gasteiger partial charge in [-0.1, -0.05) is 12.8 Å². The average molecular weight is 206 g/mol. The van der Waals surface area contributed by atoms with Crippen molar-refractivity contribution in [1.82, 2.24) is 10.2 Å². The molecule has 0 saturated heterocycles. The minimum Gasteiger partial charge on any atom is -0.367 e. The third-order valence-corrected chi connectivity index (χ3v) is 2.91. The second-order valence-corrected chi connectivity index (χ2v) is 4.04. The number of anilines is 1. The Bertz CT molecular complexity index is 290. The first-order valence-electron chi connectivity index (χ1n) is 5.67. The van der Waals surface area contributed by atoms with Gasteiger partial charge in [0.25, 0.3) is 0 Å². The van der Waals surface area contributed by atoms with Crippen molar-refractivity contribution < 1.29 is 0 Å². The molecule has 82 valence electrons. The molecule has 1 aromatic rings. The van der Waals surface area contributed by atoms with Crippen LogP contribution in [0.5, 0.6) is 0 Å². The second-order valence-electron chi connectivity index (χ2n) is 4.04. The maximum Gasteiger partial charge on any atom is 0.148 e. The van der Waals surface area contributed by atoms with Crippen molar-refractivity contribution in [3.05, 3.63) is 17.8 Å². The smallest absolute Gasteiger partial charge is 0.148 e. The zero-order chi connectivity index (χ0) is 10.5. The molecule has 2 rings (SSSR count). The fraction of sp³-hybridized carbons (Fsp3) is 0.636. The van der Waals surface area contributed by atoms with Gasteiger partial charge in [-0.2, -0.15) is 5.10 Å². The van der Waals surface area contributed by atoms with Gasteiger partial charge in [-0.15, -0.1) is 5.10 Å². The third kappa shape index (κ3) is 2.65. The number of aromatic nitrogens is 2. The molecule has 4 heteroatoms. The lowest BCUT2D eigenvalue weighted by molar-refractivity contribution is 0.681. The Morgan fingerprint density at radius 1 is 1.27 bits per heavy atom. The summed E-state index contributed by atoms with van der Waals surface area (Å²) in [6.07, 6.45) is 5.20. The van der Waals surface area contributed by atoms with Gasteiger partial charge in [0, 0.05) is 19.0 Å². The molecule has 4 nitrogen and oxygen atoms in total. The molecule has 0 aliphatic heterocycles. The first kappa shape index (κ1) is 10.4. The summed E-state index contributed by atoms with van der Waals surface area (Å²) in [6, 6.07) is 4.08. The quantitative estimate of drug-likeness (QED) is 0.783. The zero-order valence-corrected chi connectivity index (χ0v) is 8.95. The van der Waals surface area contributed by atoms with Crippen LogP contribution < -0.4 is 11.1 Å². The summed E-state index contributed by atoms with van der Waals surface area (Å²) in [7, 11) is 0. The normalized spacial score (nSPS) is 16.9. The van der Waals surface area contributed by atoms with Crippen molar-refractivity contribution in [2.24, 2.45) is 5.73 Å². The fourth-order valence-electron chi connectivity index (χ4n) is 2.08.